The van der Waals surface area contributed by atoms with Crippen LogP contribution in [0.1, 0.15) is 37.3 Å². The van der Waals surface area contributed by atoms with Crippen molar-refractivity contribution in [2.45, 2.75) is 33.1 Å². The molecule has 3 nitrogen and oxygen atoms in total. The highest BCUT2D eigenvalue weighted by molar-refractivity contribution is 5.70. The molecule has 0 fully saturated rings. The smallest absolute Gasteiger partial charge is 0.410 e. The second-order valence-electron chi connectivity index (χ2n) is 3.97. The third kappa shape index (κ3) is 2.99. The Morgan fingerprint density at radius 3 is 2.75 bits per heavy atom. The summed E-state index contributed by atoms with van der Waals surface area (Å²) in [6.07, 6.45) is 0.642. The first-order valence-corrected chi connectivity index (χ1v) is 5.58. The molecule has 0 heterocycles. The second kappa shape index (κ2) is 5.54. The molecule has 0 saturated heterocycles. The molecule has 88 valence electrons. The Morgan fingerprint density at radius 1 is 1.50 bits per heavy atom. The molecule has 0 aromatic heterocycles. The first-order valence-electron chi connectivity index (χ1n) is 5.58. The van der Waals surface area contributed by atoms with E-state index in [0.717, 1.165) is 6.42 Å². The number of amides is 1. The SMILES string of the molecule is CCC(C)c1cc(OC(=O)NC)ccc1C. The predicted octanol–water partition coefficient (Wildman–Crippen LogP) is 3.23. The van der Waals surface area contributed by atoms with E-state index in [1.54, 1.807) is 7.05 Å². The van der Waals surface area contributed by atoms with Gasteiger partial charge in [-0.1, -0.05) is 19.9 Å². The van der Waals surface area contributed by atoms with Crippen LogP contribution in [0.5, 0.6) is 5.75 Å². The number of ether oxygens (including phenoxy) is 1. The molecule has 1 unspecified atom stereocenters. The van der Waals surface area contributed by atoms with E-state index in [4.69, 9.17) is 4.74 Å². The van der Waals surface area contributed by atoms with E-state index in [1.165, 1.54) is 11.1 Å². The average Bonchev–Trinajstić information content (AvgIpc) is 2.30. The maximum atomic E-state index is 11.1. The van der Waals surface area contributed by atoms with E-state index in [9.17, 15) is 4.79 Å². The molecule has 0 bridgehead atoms. The molecule has 1 N–H and O–H groups in total. The van der Waals surface area contributed by atoms with Crippen LogP contribution >= 0.6 is 0 Å². The van der Waals surface area contributed by atoms with Crippen molar-refractivity contribution < 1.29 is 9.53 Å². The summed E-state index contributed by atoms with van der Waals surface area (Å²) in [5.41, 5.74) is 2.47. The lowest BCUT2D eigenvalue weighted by Gasteiger charge is -2.14. The van der Waals surface area contributed by atoms with Crippen molar-refractivity contribution in [2.24, 2.45) is 0 Å². The van der Waals surface area contributed by atoms with E-state index in [0.29, 0.717) is 11.7 Å². The van der Waals surface area contributed by atoms with Crippen molar-refractivity contribution in [3.8, 4) is 5.75 Å². The van der Waals surface area contributed by atoms with Crippen molar-refractivity contribution in [1.29, 1.82) is 0 Å². The highest BCUT2D eigenvalue weighted by Gasteiger charge is 2.09. The summed E-state index contributed by atoms with van der Waals surface area (Å²) in [7, 11) is 1.55. The quantitative estimate of drug-likeness (QED) is 0.851. The molecule has 1 aromatic rings. The van der Waals surface area contributed by atoms with E-state index < -0.39 is 6.09 Å². The van der Waals surface area contributed by atoms with Crippen LogP contribution < -0.4 is 10.1 Å². The van der Waals surface area contributed by atoms with Gasteiger partial charge < -0.3 is 10.1 Å². The summed E-state index contributed by atoms with van der Waals surface area (Å²) in [5, 5.41) is 2.43. The molecule has 0 saturated carbocycles. The van der Waals surface area contributed by atoms with Crippen molar-refractivity contribution >= 4 is 6.09 Å². The normalized spacial score (nSPS) is 12.0. The van der Waals surface area contributed by atoms with Crippen LogP contribution in [-0.4, -0.2) is 13.1 Å². The molecule has 0 aliphatic rings. The predicted molar refractivity (Wildman–Crippen MR) is 65.0 cm³/mol. The van der Waals surface area contributed by atoms with Gasteiger partial charge in [-0.05, 0) is 42.5 Å². The largest absolute Gasteiger partial charge is 0.412 e. The van der Waals surface area contributed by atoms with Crippen LogP contribution in [0.2, 0.25) is 0 Å². The molecule has 1 aromatic carbocycles. The molecule has 1 atom stereocenters. The van der Waals surface area contributed by atoms with Crippen LogP contribution in [0.25, 0.3) is 0 Å². The maximum absolute atomic E-state index is 11.1. The molecule has 0 aliphatic carbocycles. The van der Waals surface area contributed by atoms with Gasteiger partial charge in [0.15, 0.2) is 0 Å². The number of aryl methyl sites for hydroxylation is 1. The molecule has 16 heavy (non-hydrogen) atoms. The fraction of sp³-hybridized carbons (Fsp3) is 0.462. The Morgan fingerprint density at radius 2 is 2.19 bits per heavy atom. The van der Waals surface area contributed by atoms with Gasteiger partial charge in [0, 0.05) is 7.05 Å². The lowest BCUT2D eigenvalue weighted by molar-refractivity contribution is 0.203. The fourth-order valence-electron chi connectivity index (χ4n) is 1.59. The summed E-state index contributed by atoms with van der Waals surface area (Å²) < 4.78 is 5.10. The van der Waals surface area contributed by atoms with Gasteiger partial charge >= 0.3 is 6.09 Å². The van der Waals surface area contributed by atoms with E-state index in [2.05, 4.69) is 26.1 Å². The summed E-state index contributed by atoms with van der Waals surface area (Å²) in [4.78, 5) is 11.1. The minimum absolute atomic E-state index is 0.432. The second-order valence-corrected chi connectivity index (χ2v) is 3.97. The number of hydrogen-bond acceptors (Lipinski definition) is 2. The Kier molecular flexibility index (Phi) is 4.35. The number of nitrogens with one attached hydrogen (secondary N) is 1. The lowest BCUT2D eigenvalue weighted by Crippen LogP contribution is -2.22. The first kappa shape index (κ1) is 12.6. The Bertz CT molecular complexity index is 374. The summed E-state index contributed by atoms with van der Waals surface area (Å²) in [5.74, 6) is 1.08. The number of carbonyl (C=O) groups excluding carboxylic acids is 1. The minimum Gasteiger partial charge on any atom is -0.410 e. The molecule has 1 rings (SSSR count). The Balaban J connectivity index is 2.93. The third-order valence-corrected chi connectivity index (χ3v) is 2.81. The van der Waals surface area contributed by atoms with Gasteiger partial charge in [0.2, 0.25) is 0 Å². The van der Waals surface area contributed by atoms with Gasteiger partial charge in [0.05, 0.1) is 0 Å². The summed E-state index contributed by atoms with van der Waals surface area (Å²) in [6, 6.07) is 5.74. The number of rotatable bonds is 3. The standard InChI is InChI=1S/C13H19NO2/c1-5-9(2)12-8-11(7-6-10(12)3)16-13(15)14-4/h6-9H,5H2,1-4H3,(H,14,15). The zero-order chi connectivity index (χ0) is 12.1. The van der Waals surface area contributed by atoms with E-state index >= 15 is 0 Å². The van der Waals surface area contributed by atoms with Crippen LogP contribution in [0, 0.1) is 6.92 Å². The highest BCUT2D eigenvalue weighted by Crippen LogP contribution is 2.26. The average molecular weight is 221 g/mol. The fourth-order valence-corrected chi connectivity index (χ4v) is 1.59. The lowest BCUT2D eigenvalue weighted by atomic mass is 9.94. The van der Waals surface area contributed by atoms with Gasteiger partial charge in [-0.2, -0.15) is 0 Å². The minimum atomic E-state index is -0.432. The molecule has 0 radical (unpaired) electrons. The molecule has 3 heteroatoms. The molecular formula is C13H19NO2. The zero-order valence-corrected chi connectivity index (χ0v) is 10.3. The molecule has 1 amide bonds. The molecule has 0 spiro atoms. The molecule has 0 aliphatic heterocycles. The number of benzene rings is 1. The van der Waals surface area contributed by atoms with Gasteiger partial charge in [0.25, 0.3) is 0 Å². The summed E-state index contributed by atoms with van der Waals surface area (Å²) >= 11 is 0. The monoisotopic (exact) mass is 221 g/mol. The van der Waals surface area contributed by atoms with Gasteiger partial charge in [-0.25, -0.2) is 4.79 Å². The van der Waals surface area contributed by atoms with E-state index in [-0.39, 0.29) is 0 Å². The third-order valence-electron chi connectivity index (χ3n) is 2.81. The van der Waals surface area contributed by atoms with Crippen LogP contribution in [0.3, 0.4) is 0 Å². The zero-order valence-electron chi connectivity index (χ0n) is 10.3. The Hall–Kier alpha value is -1.51. The molecular weight excluding hydrogens is 202 g/mol. The van der Waals surface area contributed by atoms with Crippen LogP contribution in [0.4, 0.5) is 4.79 Å². The van der Waals surface area contributed by atoms with Crippen molar-refractivity contribution in [3.63, 3.8) is 0 Å². The van der Waals surface area contributed by atoms with Crippen molar-refractivity contribution in [3.05, 3.63) is 29.3 Å². The van der Waals surface area contributed by atoms with Crippen LogP contribution in [0.15, 0.2) is 18.2 Å². The van der Waals surface area contributed by atoms with Crippen molar-refractivity contribution in [2.75, 3.05) is 7.05 Å². The first-order chi connectivity index (χ1) is 7.58. The Labute approximate surface area is 96.8 Å². The van der Waals surface area contributed by atoms with Gasteiger partial charge in [-0.3, -0.25) is 0 Å². The van der Waals surface area contributed by atoms with Crippen molar-refractivity contribution in [1.82, 2.24) is 5.32 Å². The van der Waals surface area contributed by atoms with Crippen LogP contribution in [-0.2, 0) is 0 Å². The van der Waals surface area contributed by atoms with Gasteiger partial charge in [0.1, 0.15) is 5.75 Å². The van der Waals surface area contributed by atoms with E-state index in [1.807, 2.05) is 18.2 Å². The maximum Gasteiger partial charge on any atom is 0.412 e. The highest BCUT2D eigenvalue weighted by atomic mass is 16.5. The number of carbonyl (C=O) groups is 1. The summed E-state index contributed by atoms with van der Waals surface area (Å²) in [6.45, 7) is 6.40. The topological polar surface area (TPSA) is 38.3 Å². The van der Waals surface area contributed by atoms with Gasteiger partial charge in [-0.15, -0.1) is 0 Å². The number of hydrogen-bond donors (Lipinski definition) is 1.